The Morgan fingerprint density at radius 1 is 0.941 bits per heavy atom. The van der Waals surface area contributed by atoms with Gasteiger partial charge in [-0.2, -0.15) is 0 Å². The predicted molar refractivity (Wildman–Crippen MR) is 71.6 cm³/mol. The molecule has 0 aromatic carbocycles. The molecule has 0 aromatic rings. The lowest BCUT2D eigenvalue weighted by Crippen LogP contribution is -2.24. The second-order valence-corrected chi connectivity index (χ2v) is 4.65. The molecule has 0 saturated carbocycles. The van der Waals surface area contributed by atoms with Gasteiger partial charge in [-0.25, -0.2) is 5.06 Å². The van der Waals surface area contributed by atoms with Crippen molar-refractivity contribution in [3.8, 4) is 0 Å². The Balaban J connectivity index is 3.16. The molecule has 0 aromatic heterocycles. The molecule has 0 aliphatic rings. The monoisotopic (exact) mass is 243 g/mol. The van der Waals surface area contributed by atoms with Crippen LogP contribution in [0.4, 0.5) is 0 Å². The molecule has 0 aliphatic carbocycles. The average molecular weight is 243 g/mol. The van der Waals surface area contributed by atoms with Gasteiger partial charge in [0.25, 0.3) is 0 Å². The van der Waals surface area contributed by atoms with Crippen LogP contribution >= 0.6 is 0 Å². The first-order valence-corrected chi connectivity index (χ1v) is 7.03. The van der Waals surface area contributed by atoms with Crippen LogP contribution in [-0.4, -0.2) is 25.1 Å². The van der Waals surface area contributed by atoms with Crippen molar-refractivity contribution < 1.29 is 9.63 Å². The molecule has 0 heterocycles. The van der Waals surface area contributed by atoms with E-state index in [0.29, 0.717) is 6.42 Å². The SMILES string of the molecule is CCCCCCCCCCCC(=O)N(C)OC. The lowest BCUT2D eigenvalue weighted by Gasteiger charge is -2.12. The number of unbranched alkanes of at least 4 members (excludes halogenated alkanes) is 8. The Morgan fingerprint density at radius 3 is 1.88 bits per heavy atom. The number of carbonyl (C=O) groups excluding carboxylic acids is 1. The summed E-state index contributed by atoms with van der Waals surface area (Å²) in [5.74, 6) is 0.0791. The number of rotatable bonds is 11. The first-order valence-electron chi connectivity index (χ1n) is 7.03. The highest BCUT2D eigenvalue weighted by atomic mass is 16.7. The van der Waals surface area contributed by atoms with E-state index in [1.54, 1.807) is 7.05 Å². The largest absolute Gasteiger partial charge is 0.275 e. The van der Waals surface area contributed by atoms with Crippen LogP contribution in [0, 0.1) is 0 Å². The standard InChI is InChI=1S/C14H29NO2/c1-4-5-6-7-8-9-10-11-12-13-14(16)15(2)17-3/h4-13H2,1-3H3. The van der Waals surface area contributed by atoms with Gasteiger partial charge in [0.15, 0.2) is 0 Å². The minimum absolute atomic E-state index is 0.0791. The van der Waals surface area contributed by atoms with E-state index in [9.17, 15) is 4.79 Å². The van der Waals surface area contributed by atoms with E-state index in [0.717, 1.165) is 12.8 Å². The van der Waals surface area contributed by atoms with Crippen molar-refractivity contribution in [1.82, 2.24) is 5.06 Å². The quantitative estimate of drug-likeness (QED) is 0.406. The number of hydroxylamine groups is 2. The van der Waals surface area contributed by atoms with Gasteiger partial charge in [-0.15, -0.1) is 0 Å². The third-order valence-electron chi connectivity index (χ3n) is 3.12. The molecule has 0 aliphatic heterocycles. The molecule has 1 amide bonds. The van der Waals surface area contributed by atoms with Gasteiger partial charge in [-0.1, -0.05) is 58.3 Å². The van der Waals surface area contributed by atoms with E-state index in [-0.39, 0.29) is 5.91 Å². The Bertz CT molecular complexity index is 183. The van der Waals surface area contributed by atoms with E-state index in [1.165, 1.54) is 57.1 Å². The molecule has 3 heteroatoms. The minimum Gasteiger partial charge on any atom is -0.275 e. The number of hydrogen-bond donors (Lipinski definition) is 0. The van der Waals surface area contributed by atoms with E-state index in [2.05, 4.69) is 6.92 Å². The van der Waals surface area contributed by atoms with E-state index < -0.39 is 0 Å². The Hall–Kier alpha value is -0.570. The summed E-state index contributed by atoms with van der Waals surface area (Å²) in [6.07, 6.45) is 12.1. The molecule has 0 unspecified atom stereocenters. The molecule has 0 radical (unpaired) electrons. The van der Waals surface area contributed by atoms with Crippen LogP contribution in [0.25, 0.3) is 0 Å². The van der Waals surface area contributed by atoms with Crippen LogP contribution in [0.1, 0.15) is 71.1 Å². The Kier molecular flexibility index (Phi) is 11.5. The smallest absolute Gasteiger partial charge is 0.245 e. The normalized spacial score (nSPS) is 10.5. The molecule has 0 rings (SSSR count). The molecule has 0 fully saturated rings. The second-order valence-electron chi connectivity index (χ2n) is 4.65. The summed E-state index contributed by atoms with van der Waals surface area (Å²) in [6, 6.07) is 0. The maximum Gasteiger partial charge on any atom is 0.245 e. The van der Waals surface area contributed by atoms with E-state index in [1.807, 2.05) is 0 Å². The first-order chi connectivity index (χ1) is 8.22. The molecule has 0 N–H and O–H groups in total. The van der Waals surface area contributed by atoms with Crippen molar-refractivity contribution in [2.24, 2.45) is 0 Å². The van der Waals surface area contributed by atoms with Crippen molar-refractivity contribution in [2.45, 2.75) is 71.1 Å². The Labute approximate surface area is 106 Å². The third-order valence-corrected chi connectivity index (χ3v) is 3.12. The third kappa shape index (κ3) is 10.3. The van der Waals surface area contributed by atoms with Crippen LogP contribution < -0.4 is 0 Å². The highest BCUT2D eigenvalue weighted by molar-refractivity contribution is 5.74. The number of carbonyl (C=O) groups is 1. The second kappa shape index (κ2) is 11.9. The number of amides is 1. The molecular formula is C14H29NO2. The maximum atomic E-state index is 11.4. The predicted octanol–water partition coefficient (Wildman–Crippen LogP) is 3.93. The van der Waals surface area contributed by atoms with Gasteiger partial charge in [-0.05, 0) is 6.42 Å². The van der Waals surface area contributed by atoms with Crippen molar-refractivity contribution in [3.63, 3.8) is 0 Å². The summed E-state index contributed by atoms with van der Waals surface area (Å²) in [5.41, 5.74) is 0. The summed E-state index contributed by atoms with van der Waals surface area (Å²) in [5, 5.41) is 1.31. The van der Waals surface area contributed by atoms with Crippen LogP contribution in [0.2, 0.25) is 0 Å². The molecule has 3 nitrogen and oxygen atoms in total. The summed E-state index contributed by atoms with van der Waals surface area (Å²) in [6.45, 7) is 2.24. The summed E-state index contributed by atoms with van der Waals surface area (Å²) in [4.78, 5) is 16.2. The van der Waals surface area contributed by atoms with Gasteiger partial charge in [-0.3, -0.25) is 9.63 Å². The fourth-order valence-corrected chi connectivity index (χ4v) is 1.85. The van der Waals surface area contributed by atoms with Crippen LogP contribution in [0.3, 0.4) is 0 Å². The molecule has 0 saturated heterocycles. The molecule has 0 spiro atoms. The molecule has 0 bridgehead atoms. The molecule has 0 atom stereocenters. The van der Waals surface area contributed by atoms with E-state index in [4.69, 9.17) is 4.84 Å². The maximum absolute atomic E-state index is 11.4. The number of nitrogens with zero attached hydrogens (tertiary/aromatic N) is 1. The summed E-state index contributed by atoms with van der Waals surface area (Å²) < 4.78 is 0. The van der Waals surface area contributed by atoms with Crippen molar-refractivity contribution >= 4 is 5.91 Å². The topological polar surface area (TPSA) is 29.5 Å². The zero-order valence-corrected chi connectivity index (χ0v) is 11.8. The molecule has 17 heavy (non-hydrogen) atoms. The van der Waals surface area contributed by atoms with Crippen LogP contribution in [-0.2, 0) is 9.63 Å². The summed E-state index contributed by atoms with van der Waals surface area (Å²) >= 11 is 0. The lowest BCUT2D eigenvalue weighted by atomic mass is 10.1. The lowest BCUT2D eigenvalue weighted by molar-refractivity contribution is -0.168. The van der Waals surface area contributed by atoms with Crippen molar-refractivity contribution in [1.29, 1.82) is 0 Å². The fourth-order valence-electron chi connectivity index (χ4n) is 1.85. The highest BCUT2D eigenvalue weighted by Crippen LogP contribution is 2.10. The molecule has 102 valence electrons. The van der Waals surface area contributed by atoms with Gasteiger partial charge in [0.2, 0.25) is 5.91 Å². The average Bonchev–Trinajstić information content (AvgIpc) is 2.35. The highest BCUT2D eigenvalue weighted by Gasteiger charge is 2.06. The fraction of sp³-hybridized carbons (Fsp3) is 0.929. The van der Waals surface area contributed by atoms with Gasteiger partial charge < -0.3 is 0 Å². The van der Waals surface area contributed by atoms with E-state index >= 15 is 0 Å². The number of hydrogen-bond acceptors (Lipinski definition) is 2. The van der Waals surface area contributed by atoms with Gasteiger partial charge in [0, 0.05) is 13.5 Å². The van der Waals surface area contributed by atoms with Crippen LogP contribution in [0.5, 0.6) is 0 Å². The minimum atomic E-state index is 0.0791. The zero-order chi connectivity index (χ0) is 12.9. The first kappa shape index (κ1) is 16.4. The van der Waals surface area contributed by atoms with Gasteiger partial charge >= 0.3 is 0 Å². The van der Waals surface area contributed by atoms with Crippen molar-refractivity contribution in [2.75, 3.05) is 14.2 Å². The Morgan fingerprint density at radius 2 is 1.41 bits per heavy atom. The van der Waals surface area contributed by atoms with Crippen molar-refractivity contribution in [3.05, 3.63) is 0 Å². The van der Waals surface area contributed by atoms with Gasteiger partial charge in [0.05, 0.1) is 7.11 Å². The van der Waals surface area contributed by atoms with Gasteiger partial charge in [0.1, 0.15) is 0 Å². The summed E-state index contributed by atoms with van der Waals surface area (Å²) in [7, 11) is 3.18. The molecular weight excluding hydrogens is 214 g/mol. The zero-order valence-electron chi connectivity index (χ0n) is 11.8. The van der Waals surface area contributed by atoms with Crippen LogP contribution in [0.15, 0.2) is 0 Å².